The lowest BCUT2D eigenvalue weighted by Gasteiger charge is -2.32. The highest BCUT2D eigenvalue weighted by atomic mass is 16.2. The van der Waals surface area contributed by atoms with Crippen LogP contribution in [0, 0.1) is 5.92 Å². The van der Waals surface area contributed by atoms with Crippen LogP contribution in [0.25, 0.3) is 0 Å². The molecule has 0 bridgehead atoms. The quantitative estimate of drug-likeness (QED) is 0.886. The molecular formula is C15H22N2O. The van der Waals surface area contributed by atoms with Gasteiger partial charge in [0.25, 0.3) is 0 Å². The minimum Gasteiger partial charge on any atom is -0.337 e. The molecule has 0 saturated heterocycles. The van der Waals surface area contributed by atoms with E-state index in [1.54, 1.807) is 0 Å². The Balaban J connectivity index is 2.07. The Morgan fingerprint density at radius 2 is 2.06 bits per heavy atom. The standard InChI is InChI=1S/C15H22N2O/c1-3-11(2)14(16)15(18)17-9-8-12-6-4-5-7-13(12)10-17/h4-7,11,14H,3,8-10,16H2,1-2H3/t11?,14-/m0/s1. The molecule has 1 aromatic rings. The van der Waals surface area contributed by atoms with Gasteiger partial charge in [-0.1, -0.05) is 44.5 Å². The zero-order valence-electron chi connectivity index (χ0n) is 11.2. The molecular weight excluding hydrogens is 224 g/mol. The first-order valence-corrected chi connectivity index (χ1v) is 6.74. The summed E-state index contributed by atoms with van der Waals surface area (Å²) in [6.07, 6.45) is 1.88. The Morgan fingerprint density at radius 3 is 2.72 bits per heavy atom. The van der Waals surface area contributed by atoms with Gasteiger partial charge in [-0.05, 0) is 23.5 Å². The molecule has 1 aliphatic rings. The predicted octanol–water partition coefficient (Wildman–Crippen LogP) is 1.94. The van der Waals surface area contributed by atoms with Crippen molar-refractivity contribution in [3.8, 4) is 0 Å². The number of carbonyl (C=O) groups is 1. The van der Waals surface area contributed by atoms with Crippen molar-refractivity contribution in [2.45, 2.75) is 39.3 Å². The average molecular weight is 246 g/mol. The fraction of sp³-hybridized carbons (Fsp3) is 0.533. The summed E-state index contributed by atoms with van der Waals surface area (Å²) in [5, 5.41) is 0. The molecule has 2 atom stereocenters. The van der Waals surface area contributed by atoms with Crippen molar-refractivity contribution in [3.63, 3.8) is 0 Å². The van der Waals surface area contributed by atoms with Crippen LogP contribution in [0.1, 0.15) is 31.4 Å². The number of hydrogen-bond acceptors (Lipinski definition) is 2. The maximum absolute atomic E-state index is 12.3. The molecule has 1 aromatic carbocycles. The van der Waals surface area contributed by atoms with Gasteiger partial charge in [-0.25, -0.2) is 0 Å². The minimum absolute atomic E-state index is 0.0962. The molecule has 0 radical (unpaired) electrons. The Bertz CT molecular complexity index is 430. The molecule has 3 nitrogen and oxygen atoms in total. The van der Waals surface area contributed by atoms with E-state index in [-0.39, 0.29) is 17.9 Å². The molecule has 18 heavy (non-hydrogen) atoms. The van der Waals surface area contributed by atoms with Gasteiger partial charge >= 0.3 is 0 Å². The summed E-state index contributed by atoms with van der Waals surface area (Å²) in [5.74, 6) is 0.341. The van der Waals surface area contributed by atoms with Gasteiger partial charge in [0.2, 0.25) is 5.91 Å². The van der Waals surface area contributed by atoms with Crippen LogP contribution in [0.4, 0.5) is 0 Å². The first kappa shape index (κ1) is 13.1. The number of nitrogens with two attached hydrogens (primary N) is 1. The summed E-state index contributed by atoms with van der Waals surface area (Å²) in [7, 11) is 0. The van der Waals surface area contributed by atoms with Crippen LogP contribution >= 0.6 is 0 Å². The molecule has 1 heterocycles. The van der Waals surface area contributed by atoms with Crippen LogP contribution in [0.2, 0.25) is 0 Å². The van der Waals surface area contributed by atoms with Crippen LogP contribution in [0.15, 0.2) is 24.3 Å². The van der Waals surface area contributed by atoms with Crippen molar-refractivity contribution in [3.05, 3.63) is 35.4 Å². The highest BCUT2D eigenvalue weighted by Gasteiger charge is 2.27. The van der Waals surface area contributed by atoms with Crippen LogP contribution < -0.4 is 5.73 Å². The summed E-state index contributed by atoms with van der Waals surface area (Å²) in [5.41, 5.74) is 8.65. The third kappa shape index (κ3) is 2.56. The Kier molecular flexibility index (Phi) is 4.02. The van der Waals surface area contributed by atoms with Crippen molar-refractivity contribution in [1.29, 1.82) is 0 Å². The summed E-state index contributed by atoms with van der Waals surface area (Å²) in [4.78, 5) is 14.2. The van der Waals surface area contributed by atoms with E-state index in [1.165, 1.54) is 11.1 Å². The maximum atomic E-state index is 12.3. The van der Waals surface area contributed by atoms with Crippen molar-refractivity contribution in [1.82, 2.24) is 4.90 Å². The zero-order valence-corrected chi connectivity index (χ0v) is 11.2. The second-order valence-corrected chi connectivity index (χ2v) is 5.19. The Labute approximate surface area is 109 Å². The number of benzene rings is 1. The van der Waals surface area contributed by atoms with Crippen molar-refractivity contribution >= 4 is 5.91 Å². The van der Waals surface area contributed by atoms with Crippen LogP contribution in [0.5, 0.6) is 0 Å². The molecule has 0 aromatic heterocycles. The molecule has 1 aliphatic heterocycles. The highest BCUT2D eigenvalue weighted by Crippen LogP contribution is 2.20. The topological polar surface area (TPSA) is 46.3 Å². The largest absolute Gasteiger partial charge is 0.337 e. The van der Waals surface area contributed by atoms with Crippen molar-refractivity contribution in [2.75, 3.05) is 6.54 Å². The molecule has 0 fully saturated rings. The summed E-state index contributed by atoms with van der Waals surface area (Å²) < 4.78 is 0. The number of carbonyl (C=O) groups excluding carboxylic acids is 1. The normalized spacial score (nSPS) is 18.1. The summed E-state index contributed by atoms with van der Waals surface area (Å²) in [6.45, 7) is 5.61. The molecule has 1 amide bonds. The minimum atomic E-state index is -0.361. The van der Waals surface area contributed by atoms with Gasteiger partial charge in [0.15, 0.2) is 0 Å². The second-order valence-electron chi connectivity index (χ2n) is 5.19. The lowest BCUT2D eigenvalue weighted by Crippen LogP contribution is -2.48. The smallest absolute Gasteiger partial charge is 0.240 e. The van der Waals surface area contributed by atoms with Crippen LogP contribution in [0.3, 0.4) is 0 Å². The van der Waals surface area contributed by atoms with Gasteiger partial charge in [-0.2, -0.15) is 0 Å². The van der Waals surface area contributed by atoms with E-state index in [1.807, 2.05) is 17.9 Å². The highest BCUT2D eigenvalue weighted by molar-refractivity contribution is 5.82. The third-order valence-corrected chi connectivity index (χ3v) is 3.98. The average Bonchev–Trinajstić information content (AvgIpc) is 2.44. The number of amides is 1. The van der Waals surface area contributed by atoms with Gasteiger partial charge < -0.3 is 10.6 Å². The van der Waals surface area contributed by atoms with Gasteiger partial charge in [-0.15, -0.1) is 0 Å². The summed E-state index contributed by atoms with van der Waals surface area (Å²) in [6, 6.07) is 7.97. The van der Waals surface area contributed by atoms with E-state index in [0.717, 1.165) is 19.4 Å². The molecule has 2 rings (SSSR count). The molecule has 0 saturated carbocycles. The Morgan fingerprint density at radius 1 is 1.39 bits per heavy atom. The third-order valence-electron chi connectivity index (χ3n) is 3.98. The van der Waals surface area contributed by atoms with Gasteiger partial charge in [0.1, 0.15) is 0 Å². The SMILES string of the molecule is CCC(C)[C@H](N)C(=O)N1CCc2ccccc2C1. The van der Waals surface area contributed by atoms with Crippen LogP contribution in [-0.2, 0) is 17.8 Å². The molecule has 3 heteroatoms. The monoisotopic (exact) mass is 246 g/mol. The first-order valence-electron chi connectivity index (χ1n) is 6.74. The maximum Gasteiger partial charge on any atom is 0.240 e. The van der Waals surface area contributed by atoms with E-state index < -0.39 is 0 Å². The van der Waals surface area contributed by atoms with E-state index in [0.29, 0.717) is 6.54 Å². The zero-order chi connectivity index (χ0) is 13.1. The second kappa shape index (κ2) is 5.53. The van der Waals surface area contributed by atoms with E-state index in [2.05, 4.69) is 25.1 Å². The molecule has 0 aliphatic carbocycles. The molecule has 2 N–H and O–H groups in total. The van der Waals surface area contributed by atoms with Crippen LogP contribution in [-0.4, -0.2) is 23.4 Å². The fourth-order valence-electron chi connectivity index (χ4n) is 2.39. The number of fused-ring (bicyclic) bond motifs is 1. The fourth-order valence-corrected chi connectivity index (χ4v) is 2.39. The lowest BCUT2D eigenvalue weighted by molar-refractivity contribution is -0.134. The molecule has 98 valence electrons. The van der Waals surface area contributed by atoms with E-state index in [4.69, 9.17) is 5.73 Å². The number of nitrogens with zero attached hydrogens (tertiary/aromatic N) is 1. The lowest BCUT2D eigenvalue weighted by atomic mass is 9.96. The number of rotatable bonds is 3. The number of hydrogen-bond donors (Lipinski definition) is 1. The summed E-state index contributed by atoms with van der Waals surface area (Å²) >= 11 is 0. The van der Waals surface area contributed by atoms with Crippen molar-refractivity contribution in [2.24, 2.45) is 11.7 Å². The van der Waals surface area contributed by atoms with E-state index in [9.17, 15) is 4.79 Å². The van der Waals surface area contributed by atoms with Gasteiger partial charge in [0, 0.05) is 13.1 Å². The Hall–Kier alpha value is -1.35. The van der Waals surface area contributed by atoms with E-state index >= 15 is 0 Å². The van der Waals surface area contributed by atoms with Crippen molar-refractivity contribution < 1.29 is 4.79 Å². The first-order chi connectivity index (χ1) is 8.63. The molecule has 1 unspecified atom stereocenters. The molecule has 0 spiro atoms. The predicted molar refractivity (Wildman–Crippen MR) is 73.0 cm³/mol. The van der Waals surface area contributed by atoms with Gasteiger partial charge in [-0.3, -0.25) is 4.79 Å². The van der Waals surface area contributed by atoms with Gasteiger partial charge in [0.05, 0.1) is 6.04 Å².